The first kappa shape index (κ1) is 20.1. The van der Waals surface area contributed by atoms with Crippen LogP contribution >= 0.6 is 11.6 Å². The minimum absolute atomic E-state index is 0.00580. The molecule has 27 heavy (non-hydrogen) atoms. The molecule has 0 unspecified atom stereocenters. The van der Waals surface area contributed by atoms with E-state index in [-0.39, 0.29) is 5.57 Å². The fraction of sp³-hybridized carbons (Fsp3) is 0.143. The van der Waals surface area contributed by atoms with Crippen LogP contribution in [0, 0.1) is 11.3 Å². The summed E-state index contributed by atoms with van der Waals surface area (Å²) in [7, 11) is 1.53. The van der Waals surface area contributed by atoms with Crippen molar-refractivity contribution in [2.24, 2.45) is 0 Å². The van der Waals surface area contributed by atoms with Gasteiger partial charge in [0.2, 0.25) is 0 Å². The van der Waals surface area contributed by atoms with E-state index in [1.54, 1.807) is 36.4 Å². The molecule has 1 amide bonds. The minimum atomic E-state index is -0.459. The number of ether oxygens (including phenoxy) is 2. The topological polar surface area (TPSA) is 71.4 Å². The van der Waals surface area contributed by atoms with Crippen molar-refractivity contribution in [3.8, 4) is 17.6 Å². The van der Waals surface area contributed by atoms with E-state index in [2.05, 4.69) is 11.9 Å². The predicted octanol–water partition coefficient (Wildman–Crippen LogP) is 4.14. The van der Waals surface area contributed by atoms with Crippen LogP contribution in [-0.2, 0) is 11.4 Å². The Morgan fingerprint density at radius 2 is 2.00 bits per heavy atom. The number of rotatable bonds is 8. The first-order chi connectivity index (χ1) is 13.1. The molecular formula is C21H19ClN2O3. The average molecular weight is 383 g/mol. The molecule has 0 spiro atoms. The first-order valence-corrected chi connectivity index (χ1v) is 8.51. The number of amides is 1. The molecule has 0 saturated carbocycles. The third-order valence-electron chi connectivity index (χ3n) is 3.58. The second-order valence-corrected chi connectivity index (χ2v) is 5.93. The van der Waals surface area contributed by atoms with Crippen molar-refractivity contribution in [1.29, 1.82) is 5.26 Å². The lowest BCUT2D eigenvalue weighted by atomic mass is 10.1. The zero-order valence-corrected chi connectivity index (χ0v) is 15.6. The second-order valence-electron chi connectivity index (χ2n) is 5.49. The normalized spacial score (nSPS) is 10.6. The van der Waals surface area contributed by atoms with E-state index in [0.717, 1.165) is 5.56 Å². The average Bonchev–Trinajstić information content (AvgIpc) is 2.70. The Labute approximate surface area is 163 Å². The molecule has 0 fully saturated rings. The molecule has 138 valence electrons. The van der Waals surface area contributed by atoms with Gasteiger partial charge in [0.15, 0.2) is 11.5 Å². The Morgan fingerprint density at radius 1 is 1.26 bits per heavy atom. The molecule has 5 nitrogen and oxygen atoms in total. The van der Waals surface area contributed by atoms with Gasteiger partial charge in [-0.3, -0.25) is 4.79 Å². The largest absolute Gasteiger partial charge is 0.493 e. The van der Waals surface area contributed by atoms with Gasteiger partial charge < -0.3 is 14.8 Å². The number of methoxy groups -OCH3 is 1. The summed E-state index contributed by atoms with van der Waals surface area (Å²) in [5, 5.41) is 12.4. The highest BCUT2D eigenvalue weighted by atomic mass is 35.5. The Morgan fingerprint density at radius 3 is 2.63 bits per heavy atom. The highest BCUT2D eigenvalue weighted by Crippen LogP contribution is 2.29. The number of nitriles is 1. The molecule has 0 aliphatic rings. The summed E-state index contributed by atoms with van der Waals surface area (Å²) in [5.41, 5.74) is 1.61. The predicted molar refractivity (Wildman–Crippen MR) is 106 cm³/mol. The SMILES string of the molecule is C=CCNC(=O)C(C#N)=Cc1ccc(OCc2ccc(Cl)cc2)c(OC)c1. The lowest BCUT2D eigenvalue weighted by molar-refractivity contribution is -0.116. The third kappa shape index (κ3) is 5.91. The van der Waals surface area contributed by atoms with E-state index in [1.165, 1.54) is 13.2 Å². The van der Waals surface area contributed by atoms with Crippen LogP contribution in [-0.4, -0.2) is 19.6 Å². The van der Waals surface area contributed by atoms with E-state index < -0.39 is 5.91 Å². The Bertz CT molecular complexity index is 883. The molecule has 2 aromatic rings. The van der Waals surface area contributed by atoms with Crippen LogP contribution in [0.2, 0.25) is 5.02 Å². The summed E-state index contributed by atoms with van der Waals surface area (Å²) in [5.74, 6) is 0.597. The molecule has 1 N–H and O–H groups in total. The quantitative estimate of drug-likeness (QED) is 0.423. The number of hydrogen-bond acceptors (Lipinski definition) is 4. The number of benzene rings is 2. The maximum absolute atomic E-state index is 11.9. The fourth-order valence-electron chi connectivity index (χ4n) is 2.21. The van der Waals surface area contributed by atoms with E-state index in [0.29, 0.717) is 35.2 Å². The van der Waals surface area contributed by atoms with E-state index in [4.69, 9.17) is 21.1 Å². The fourth-order valence-corrected chi connectivity index (χ4v) is 2.34. The van der Waals surface area contributed by atoms with Gasteiger partial charge in [0.25, 0.3) is 5.91 Å². The Hall–Kier alpha value is -3.23. The summed E-state index contributed by atoms with van der Waals surface area (Å²) < 4.78 is 11.2. The number of carbonyl (C=O) groups excluding carboxylic acids is 1. The molecule has 0 heterocycles. The van der Waals surface area contributed by atoms with Crippen molar-refractivity contribution < 1.29 is 14.3 Å². The van der Waals surface area contributed by atoms with Gasteiger partial charge in [0, 0.05) is 11.6 Å². The smallest absolute Gasteiger partial charge is 0.262 e. The van der Waals surface area contributed by atoms with Crippen LogP contribution in [0.15, 0.2) is 60.7 Å². The van der Waals surface area contributed by atoms with E-state index >= 15 is 0 Å². The third-order valence-corrected chi connectivity index (χ3v) is 3.83. The van der Waals surface area contributed by atoms with Gasteiger partial charge in [0.1, 0.15) is 18.2 Å². The number of halogens is 1. The minimum Gasteiger partial charge on any atom is -0.493 e. The summed E-state index contributed by atoms with van der Waals surface area (Å²) in [6, 6.07) is 14.4. The number of carbonyl (C=O) groups is 1. The van der Waals surface area contributed by atoms with Crippen molar-refractivity contribution in [2.45, 2.75) is 6.61 Å². The summed E-state index contributed by atoms with van der Waals surface area (Å²) in [6.07, 6.45) is 3.03. The van der Waals surface area contributed by atoms with Crippen LogP contribution < -0.4 is 14.8 Å². The highest BCUT2D eigenvalue weighted by molar-refractivity contribution is 6.30. The van der Waals surface area contributed by atoms with Crippen molar-refractivity contribution in [3.05, 3.63) is 76.8 Å². The number of nitrogens with zero attached hydrogens (tertiary/aromatic N) is 1. The molecule has 0 aliphatic heterocycles. The van der Waals surface area contributed by atoms with Crippen LogP contribution in [0.25, 0.3) is 6.08 Å². The summed E-state index contributed by atoms with van der Waals surface area (Å²) in [6.45, 7) is 4.17. The van der Waals surface area contributed by atoms with Gasteiger partial charge in [0.05, 0.1) is 7.11 Å². The van der Waals surface area contributed by atoms with Gasteiger partial charge in [-0.25, -0.2) is 0 Å². The van der Waals surface area contributed by atoms with Crippen LogP contribution in [0.5, 0.6) is 11.5 Å². The van der Waals surface area contributed by atoms with Gasteiger partial charge in [-0.2, -0.15) is 5.26 Å². The van der Waals surface area contributed by atoms with Crippen molar-refractivity contribution in [2.75, 3.05) is 13.7 Å². The zero-order chi connectivity index (χ0) is 19.6. The molecule has 2 aromatic carbocycles. The molecule has 0 bridgehead atoms. The maximum atomic E-state index is 11.9. The standard InChI is InChI=1S/C21H19ClN2O3/c1-3-10-24-21(25)17(13-23)11-16-6-9-19(20(12-16)26-2)27-14-15-4-7-18(22)8-5-15/h3-9,11-12H,1,10,14H2,2H3,(H,24,25). The van der Waals surface area contributed by atoms with Crippen molar-refractivity contribution >= 4 is 23.6 Å². The maximum Gasteiger partial charge on any atom is 0.262 e. The molecule has 6 heteroatoms. The van der Waals surface area contributed by atoms with E-state index in [1.807, 2.05) is 18.2 Å². The number of hydrogen-bond donors (Lipinski definition) is 1. The second kappa shape index (κ2) is 10.0. The monoisotopic (exact) mass is 382 g/mol. The summed E-state index contributed by atoms with van der Waals surface area (Å²) in [4.78, 5) is 11.9. The molecule has 0 saturated heterocycles. The summed E-state index contributed by atoms with van der Waals surface area (Å²) >= 11 is 5.88. The van der Waals surface area contributed by atoms with Gasteiger partial charge >= 0.3 is 0 Å². The zero-order valence-electron chi connectivity index (χ0n) is 14.9. The Balaban J connectivity index is 2.15. The lowest BCUT2D eigenvalue weighted by Gasteiger charge is -2.11. The Kier molecular flexibility index (Phi) is 7.48. The van der Waals surface area contributed by atoms with Crippen LogP contribution in [0.4, 0.5) is 0 Å². The molecule has 2 rings (SSSR count). The van der Waals surface area contributed by atoms with E-state index in [9.17, 15) is 10.1 Å². The van der Waals surface area contributed by atoms with Gasteiger partial charge in [-0.1, -0.05) is 35.9 Å². The number of nitrogens with one attached hydrogen (secondary N) is 1. The van der Waals surface area contributed by atoms with Gasteiger partial charge in [-0.05, 0) is 41.5 Å². The molecule has 0 atom stereocenters. The first-order valence-electron chi connectivity index (χ1n) is 8.13. The van der Waals surface area contributed by atoms with Crippen molar-refractivity contribution in [3.63, 3.8) is 0 Å². The molecule has 0 aromatic heterocycles. The lowest BCUT2D eigenvalue weighted by Crippen LogP contribution is -2.24. The van der Waals surface area contributed by atoms with Crippen molar-refractivity contribution in [1.82, 2.24) is 5.32 Å². The highest BCUT2D eigenvalue weighted by Gasteiger charge is 2.10. The molecule has 0 aliphatic carbocycles. The molecule has 0 radical (unpaired) electrons. The molecular weight excluding hydrogens is 364 g/mol. The van der Waals surface area contributed by atoms with Gasteiger partial charge in [-0.15, -0.1) is 6.58 Å². The van der Waals surface area contributed by atoms with Crippen LogP contribution in [0.1, 0.15) is 11.1 Å². The van der Waals surface area contributed by atoms with Crippen LogP contribution in [0.3, 0.4) is 0 Å².